The van der Waals surface area contributed by atoms with E-state index in [-0.39, 0.29) is 11.6 Å². The molecule has 0 spiro atoms. The molecule has 106 valence electrons. The first-order chi connectivity index (χ1) is 8.59. The van der Waals surface area contributed by atoms with E-state index < -0.39 is 0 Å². The second-order valence-corrected chi connectivity index (χ2v) is 5.48. The van der Waals surface area contributed by atoms with Crippen molar-refractivity contribution in [3.8, 4) is 0 Å². The molecule has 4 heteroatoms. The molecular weight excluding hydrogens is 226 g/mol. The first-order valence-electron chi connectivity index (χ1n) is 7.35. The summed E-state index contributed by atoms with van der Waals surface area (Å²) in [5, 5.41) is 0. The largest absolute Gasteiger partial charge is 0.328 e. The fourth-order valence-corrected chi connectivity index (χ4v) is 2.63. The fourth-order valence-electron chi connectivity index (χ4n) is 2.63. The molecule has 1 unspecified atom stereocenters. The number of urea groups is 1. The van der Waals surface area contributed by atoms with Crippen LogP contribution in [0.1, 0.15) is 52.9 Å². The Labute approximate surface area is 111 Å². The van der Waals surface area contributed by atoms with Gasteiger partial charge in [-0.15, -0.1) is 0 Å². The summed E-state index contributed by atoms with van der Waals surface area (Å²) < 4.78 is 0. The van der Waals surface area contributed by atoms with Gasteiger partial charge in [0.25, 0.3) is 0 Å². The van der Waals surface area contributed by atoms with Crippen LogP contribution in [0.2, 0.25) is 0 Å². The molecule has 0 bridgehead atoms. The third-order valence-corrected chi connectivity index (χ3v) is 4.28. The van der Waals surface area contributed by atoms with Crippen molar-refractivity contribution < 1.29 is 4.79 Å². The normalized spacial score (nSPS) is 20.1. The van der Waals surface area contributed by atoms with Crippen molar-refractivity contribution in [3.63, 3.8) is 0 Å². The molecule has 0 radical (unpaired) electrons. The van der Waals surface area contributed by atoms with E-state index in [1.54, 1.807) is 0 Å². The Kier molecular flexibility index (Phi) is 5.93. The summed E-state index contributed by atoms with van der Waals surface area (Å²) in [6.45, 7) is 9.30. The molecular formula is C14H29N3O. The van der Waals surface area contributed by atoms with Crippen LogP contribution in [0.5, 0.6) is 0 Å². The first kappa shape index (κ1) is 15.3. The molecule has 0 aromatic carbocycles. The SMILES string of the molecule is CCN(C(=O)N1CCCCCC1)C(C)(CC)CN. The Morgan fingerprint density at radius 1 is 1.22 bits per heavy atom. The summed E-state index contributed by atoms with van der Waals surface area (Å²) in [5.41, 5.74) is 5.67. The second kappa shape index (κ2) is 6.98. The van der Waals surface area contributed by atoms with Gasteiger partial charge in [0, 0.05) is 26.2 Å². The van der Waals surface area contributed by atoms with Crippen LogP contribution in [0.25, 0.3) is 0 Å². The Morgan fingerprint density at radius 2 is 1.78 bits per heavy atom. The van der Waals surface area contributed by atoms with Gasteiger partial charge in [-0.1, -0.05) is 19.8 Å². The third kappa shape index (κ3) is 3.37. The molecule has 0 saturated carbocycles. The maximum atomic E-state index is 12.6. The Balaban J connectivity index is 2.77. The lowest BCUT2D eigenvalue weighted by Crippen LogP contribution is -2.57. The quantitative estimate of drug-likeness (QED) is 0.838. The van der Waals surface area contributed by atoms with Crippen LogP contribution in [0.15, 0.2) is 0 Å². The molecule has 1 aliphatic heterocycles. The van der Waals surface area contributed by atoms with E-state index in [0.717, 1.165) is 38.9 Å². The van der Waals surface area contributed by atoms with Crippen LogP contribution in [0, 0.1) is 0 Å². The van der Waals surface area contributed by atoms with Crippen LogP contribution < -0.4 is 5.73 Å². The van der Waals surface area contributed by atoms with Crippen molar-refractivity contribution in [2.24, 2.45) is 5.73 Å². The van der Waals surface area contributed by atoms with Crippen LogP contribution in [0.3, 0.4) is 0 Å². The standard InChI is InChI=1S/C14H29N3O/c1-4-14(3,12-15)17(5-2)13(18)16-10-8-6-7-9-11-16/h4-12,15H2,1-3H3. The minimum Gasteiger partial charge on any atom is -0.328 e. The smallest absolute Gasteiger partial charge is 0.320 e. The second-order valence-electron chi connectivity index (χ2n) is 5.48. The van der Waals surface area contributed by atoms with Gasteiger partial charge >= 0.3 is 6.03 Å². The van der Waals surface area contributed by atoms with E-state index in [0.29, 0.717) is 6.54 Å². The minimum absolute atomic E-state index is 0.175. The Bertz CT molecular complexity index is 256. The van der Waals surface area contributed by atoms with Crippen LogP contribution in [-0.4, -0.2) is 47.5 Å². The number of hydrogen-bond acceptors (Lipinski definition) is 2. The molecule has 1 rings (SSSR count). The average molecular weight is 255 g/mol. The predicted octanol–water partition coefficient (Wildman–Crippen LogP) is 2.43. The molecule has 1 atom stereocenters. The number of hydrogen-bond donors (Lipinski definition) is 1. The first-order valence-corrected chi connectivity index (χ1v) is 7.35. The van der Waals surface area contributed by atoms with E-state index in [2.05, 4.69) is 13.8 Å². The molecule has 0 aromatic rings. The number of nitrogens with zero attached hydrogens (tertiary/aromatic N) is 2. The summed E-state index contributed by atoms with van der Waals surface area (Å²) in [6, 6.07) is 0.175. The molecule has 18 heavy (non-hydrogen) atoms. The van der Waals surface area contributed by atoms with Crippen molar-refractivity contribution in [1.82, 2.24) is 9.80 Å². The molecule has 2 N–H and O–H groups in total. The zero-order chi connectivity index (χ0) is 13.6. The maximum Gasteiger partial charge on any atom is 0.320 e. The van der Waals surface area contributed by atoms with Crippen molar-refractivity contribution in [3.05, 3.63) is 0 Å². The Hall–Kier alpha value is -0.770. The van der Waals surface area contributed by atoms with Gasteiger partial charge in [0.2, 0.25) is 0 Å². The fraction of sp³-hybridized carbons (Fsp3) is 0.929. The molecule has 1 saturated heterocycles. The number of nitrogens with two attached hydrogens (primary N) is 1. The van der Waals surface area contributed by atoms with Gasteiger partial charge in [-0.05, 0) is 33.1 Å². The summed E-state index contributed by atoms with van der Waals surface area (Å²) in [4.78, 5) is 16.6. The van der Waals surface area contributed by atoms with E-state index in [1.807, 2.05) is 16.7 Å². The van der Waals surface area contributed by atoms with E-state index >= 15 is 0 Å². The number of likely N-dealkylation sites (N-methyl/N-ethyl adjacent to an activating group) is 1. The highest BCUT2D eigenvalue weighted by Crippen LogP contribution is 2.21. The van der Waals surface area contributed by atoms with Crippen molar-refractivity contribution >= 4 is 6.03 Å². The van der Waals surface area contributed by atoms with Gasteiger partial charge in [0.15, 0.2) is 0 Å². The molecule has 0 aliphatic carbocycles. The number of likely N-dealkylation sites (tertiary alicyclic amines) is 1. The molecule has 1 fully saturated rings. The van der Waals surface area contributed by atoms with Crippen molar-refractivity contribution in [2.45, 2.75) is 58.4 Å². The summed E-state index contributed by atoms with van der Waals surface area (Å²) in [5.74, 6) is 0. The third-order valence-electron chi connectivity index (χ3n) is 4.28. The highest BCUT2D eigenvalue weighted by molar-refractivity contribution is 5.75. The maximum absolute atomic E-state index is 12.6. The highest BCUT2D eigenvalue weighted by atomic mass is 16.2. The van der Waals surface area contributed by atoms with Crippen molar-refractivity contribution in [2.75, 3.05) is 26.2 Å². The average Bonchev–Trinajstić information content (AvgIpc) is 2.67. The van der Waals surface area contributed by atoms with Gasteiger partial charge in [0.05, 0.1) is 5.54 Å². The Morgan fingerprint density at radius 3 is 2.17 bits per heavy atom. The van der Waals surface area contributed by atoms with E-state index in [9.17, 15) is 4.79 Å². The summed E-state index contributed by atoms with van der Waals surface area (Å²) in [7, 11) is 0. The van der Waals surface area contributed by atoms with Crippen LogP contribution in [-0.2, 0) is 0 Å². The van der Waals surface area contributed by atoms with Gasteiger partial charge in [-0.3, -0.25) is 0 Å². The molecule has 1 heterocycles. The van der Waals surface area contributed by atoms with Gasteiger partial charge in [-0.25, -0.2) is 4.79 Å². The van der Waals surface area contributed by atoms with Crippen molar-refractivity contribution in [1.29, 1.82) is 0 Å². The number of carbonyl (C=O) groups is 1. The molecule has 2 amide bonds. The number of carbonyl (C=O) groups excluding carboxylic acids is 1. The van der Waals surface area contributed by atoms with E-state index in [4.69, 9.17) is 5.73 Å². The number of rotatable bonds is 4. The summed E-state index contributed by atoms with van der Waals surface area (Å²) >= 11 is 0. The zero-order valence-corrected chi connectivity index (χ0v) is 12.2. The lowest BCUT2D eigenvalue weighted by molar-refractivity contribution is 0.0981. The molecule has 4 nitrogen and oxygen atoms in total. The van der Waals surface area contributed by atoms with Crippen LogP contribution >= 0.6 is 0 Å². The lowest BCUT2D eigenvalue weighted by atomic mass is 9.97. The molecule has 1 aliphatic rings. The lowest BCUT2D eigenvalue weighted by Gasteiger charge is -2.42. The van der Waals surface area contributed by atoms with E-state index in [1.165, 1.54) is 12.8 Å². The monoisotopic (exact) mass is 255 g/mol. The van der Waals surface area contributed by atoms with Crippen LogP contribution in [0.4, 0.5) is 4.79 Å². The molecule has 0 aromatic heterocycles. The topological polar surface area (TPSA) is 49.6 Å². The predicted molar refractivity (Wildman–Crippen MR) is 75.6 cm³/mol. The van der Waals surface area contributed by atoms with Gasteiger partial charge < -0.3 is 15.5 Å². The van der Waals surface area contributed by atoms with Gasteiger partial charge in [0.1, 0.15) is 0 Å². The number of amides is 2. The summed E-state index contributed by atoms with van der Waals surface area (Å²) in [6.07, 6.45) is 5.66. The van der Waals surface area contributed by atoms with Gasteiger partial charge in [-0.2, -0.15) is 0 Å². The minimum atomic E-state index is -0.210. The zero-order valence-electron chi connectivity index (χ0n) is 12.2. The highest BCUT2D eigenvalue weighted by Gasteiger charge is 2.33.